The zero-order valence-electron chi connectivity index (χ0n) is 9.02. The van der Waals surface area contributed by atoms with Crippen molar-refractivity contribution in [1.82, 2.24) is 5.32 Å². The normalized spacial score (nSPS) is 44.2. The molecule has 15 heavy (non-hydrogen) atoms. The molecular formula is C13H19NO. The van der Waals surface area contributed by atoms with E-state index in [0.717, 1.165) is 6.42 Å². The van der Waals surface area contributed by atoms with Crippen molar-refractivity contribution in [2.24, 2.45) is 5.92 Å². The number of nitrogens with one attached hydrogen (secondary N) is 1. The molecule has 0 aromatic heterocycles. The van der Waals surface area contributed by atoms with E-state index in [0.29, 0.717) is 18.0 Å². The van der Waals surface area contributed by atoms with Gasteiger partial charge in [0.1, 0.15) is 0 Å². The SMILES string of the molecule is OC1C2=CC=CCC2NC2CCCCC21. The molecule has 0 radical (unpaired) electrons. The smallest absolute Gasteiger partial charge is 0.0811 e. The van der Waals surface area contributed by atoms with E-state index in [1.807, 2.05) is 0 Å². The maximum Gasteiger partial charge on any atom is 0.0811 e. The quantitative estimate of drug-likeness (QED) is 0.631. The zero-order chi connectivity index (χ0) is 10.3. The lowest BCUT2D eigenvalue weighted by atomic mass is 9.72. The summed E-state index contributed by atoms with van der Waals surface area (Å²) in [6.45, 7) is 0. The Labute approximate surface area is 91.1 Å². The number of hydrogen-bond acceptors (Lipinski definition) is 2. The van der Waals surface area contributed by atoms with Gasteiger partial charge < -0.3 is 10.4 Å². The molecule has 4 unspecified atom stereocenters. The minimum atomic E-state index is -0.188. The standard InChI is InChI=1S/C13H19NO/c15-13-9-5-1-3-7-11(9)14-12-8-4-2-6-10(12)13/h1,3,5,10-15H,2,4,6-8H2. The molecule has 3 rings (SSSR count). The van der Waals surface area contributed by atoms with Crippen LogP contribution in [-0.2, 0) is 0 Å². The summed E-state index contributed by atoms with van der Waals surface area (Å²) in [7, 11) is 0. The molecule has 82 valence electrons. The highest BCUT2D eigenvalue weighted by Crippen LogP contribution is 2.36. The van der Waals surface area contributed by atoms with E-state index in [1.165, 1.54) is 31.3 Å². The predicted molar refractivity (Wildman–Crippen MR) is 60.5 cm³/mol. The van der Waals surface area contributed by atoms with Gasteiger partial charge in [-0.1, -0.05) is 31.1 Å². The summed E-state index contributed by atoms with van der Waals surface area (Å²) in [5, 5.41) is 14.1. The van der Waals surface area contributed by atoms with Crippen LogP contribution in [0, 0.1) is 5.92 Å². The molecule has 1 saturated heterocycles. The Morgan fingerprint density at radius 1 is 1.27 bits per heavy atom. The highest BCUT2D eigenvalue weighted by Gasteiger charge is 2.40. The van der Waals surface area contributed by atoms with Gasteiger partial charge in [-0.25, -0.2) is 0 Å². The van der Waals surface area contributed by atoms with Crippen LogP contribution in [0.25, 0.3) is 0 Å². The van der Waals surface area contributed by atoms with Crippen LogP contribution >= 0.6 is 0 Å². The van der Waals surface area contributed by atoms with Crippen LogP contribution in [0.5, 0.6) is 0 Å². The average molecular weight is 205 g/mol. The van der Waals surface area contributed by atoms with Gasteiger partial charge in [0.2, 0.25) is 0 Å². The number of rotatable bonds is 0. The van der Waals surface area contributed by atoms with Crippen molar-refractivity contribution in [3.8, 4) is 0 Å². The first-order valence-corrected chi connectivity index (χ1v) is 6.17. The van der Waals surface area contributed by atoms with Crippen molar-refractivity contribution in [3.63, 3.8) is 0 Å². The van der Waals surface area contributed by atoms with Crippen molar-refractivity contribution in [2.75, 3.05) is 0 Å². The van der Waals surface area contributed by atoms with Gasteiger partial charge in [-0.2, -0.15) is 0 Å². The first-order chi connectivity index (χ1) is 7.36. The van der Waals surface area contributed by atoms with Gasteiger partial charge in [-0.3, -0.25) is 0 Å². The van der Waals surface area contributed by atoms with E-state index in [-0.39, 0.29) is 6.10 Å². The Morgan fingerprint density at radius 3 is 3.07 bits per heavy atom. The molecular weight excluding hydrogens is 186 g/mol. The maximum atomic E-state index is 10.4. The largest absolute Gasteiger partial charge is 0.388 e. The minimum Gasteiger partial charge on any atom is -0.388 e. The molecule has 2 aliphatic carbocycles. The van der Waals surface area contributed by atoms with Crippen LogP contribution in [0.1, 0.15) is 32.1 Å². The van der Waals surface area contributed by atoms with Crippen molar-refractivity contribution < 1.29 is 5.11 Å². The second-order valence-electron chi connectivity index (χ2n) is 5.05. The number of hydrogen-bond donors (Lipinski definition) is 2. The summed E-state index contributed by atoms with van der Waals surface area (Å²) in [5.41, 5.74) is 1.22. The number of piperidine rings is 1. The Morgan fingerprint density at radius 2 is 2.13 bits per heavy atom. The molecule has 0 bridgehead atoms. The van der Waals surface area contributed by atoms with Gasteiger partial charge in [0.15, 0.2) is 0 Å². The summed E-state index contributed by atoms with van der Waals surface area (Å²) >= 11 is 0. The first kappa shape index (κ1) is 9.61. The topological polar surface area (TPSA) is 32.3 Å². The lowest BCUT2D eigenvalue weighted by Gasteiger charge is -2.45. The molecule has 2 heteroatoms. The molecule has 1 saturated carbocycles. The second-order valence-corrected chi connectivity index (χ2v) is 5.05. The van der Waals surface area contributed by atoms with Crippen molar-refractivity contribution in [2.45, 2.75) is 50.3 Å². The molecule has 0 amide bonds. The minimum absolute atomic E-state index is 0.188. The fourth-order valence-corrected chi connectivity index (χ4v) is 3.37. The van der Waals surface area contributed by atoms with Gasteiger partial charge in [-0.05, 0) is 24.8 Å². The number of allylic oxidation sites excluding steroid dienone is 2. The molecule has 2 fully saturated rings. The summed E-state index contributed by atoms with van der Waals surface area (Å²) in [5.74, 6) is 0.466. The molecule has 1 aliphatic heterocycles. The van der Waals surface area contributed by atoms with E-state index < -0.39 is 0 Å². The number of aliphatic hydroxyl groups is 1. The highest BCUT2D eigenvalue weighted by atomic mass is 16.3. The summed E-state index contributed by atoms with van der Waals surface area (Å²) in [6.07, 6.45) is 12.3. The van der Waals surface area contributed by atoms with Crippen LogP contribution in [-0.4, -0.2) is 23.3 Å². The van der Waals surface area contributed by atoms with E-state index in [2.05, 4.69) is 23.5 Å². The molecule has 4 atom stereocenters. The van der Waals surface area contributed by atoms with Crippen LogP contribution < -0.4 is 5.32 Å². The third-order valence-corrected chi connectivity index (χ3v) is 4.18. The van der Waals surface area contributed by atoms with E-state index >= 15 is 0 Å². The Kier molecular flexibility index (Phi) is 2.41. The Balaban J connectivity index is 1.86. The summed E-state index contributed by atoms with van der Waals surface area (Å²) in [6, 6.07) is 0.965. The number of aliphatic hydroxyl groups excluding tert-OH is 1. The second kappa shape index (κ2) is 3.76. The van der Waals surface area contributed by atoms with Crippen LogP contribution in [0.3, 0.4) is 0 Å². The van der Waals surface area contributed by atoms with Crippen LogP contribution in [0.2, 0.25) is 0 Å². The monoisotopic (exact) mass is 205 g/mol. The predicted octanol–water partition coefficient (Wildman–Crippen LogP) is 1.76. The lowest BCUT2D eigenvalue weighted by Crippen LogP contribution is -2.56. The Hall–Kier alpha value is -0.600. The van der Waals surface area contributed by atoms with E-state index in [9.17, 15) is 5.11 Å². The molecule has 2 nitrogen and oxygen atoms in total. The van der Waals surface area contributed by atoms with E-state index in [4.69, 9.17) is 0 Å². The van der Waals surface area contributed by atoms with Crippen LogP contribution in [0.4, 0.5) is 0 Å². The fourth-order valence-electron chi connectivity index (χ4n) is 3.37. The molecule has 1 heterocycles. The number of fused-ring (bicyclic) bond motifs is 2. The first-order valence-electron chi connectivity index (χ1n) is 6.17. The molecule has 0 spiro atoms. The zero-order valence-corrected chi connectivity index (χ0v) is 9.02. The van der Waals surface area contributed by atoms with Gasteiger partial charge in [-0.15, -0.1) is 0 Å². The Bertz CT molecular complexity index is 308. The van der Waals surface area contributed by atoms with Gasteiger partial charge in [0.05, 0.1) is 6.10 Å². The molecule has 3 aliphatic rings. The maximum absolute atomic E-state index is 10.4. The lowest BCUT2D eigenvalue weighted by molar-refractivity contribution is 0.0555. The third kappa shape index (κ3) is 1.56. The highest BCUT2D eigenvalue weighted by molar-refractivity contribution is 5.30. The third-order valence-electron chi connectivity index (χ3n) is 4.18. The van der Waals surface area contributed by atoms with Gasteiger partial charge in [0, 0.05) is 18.0 Å². The van der Waals surface area contributed by atoms with Crippen molar-refractivity contribution >= 4 is 0 Å². The summed E-state index contributed by atoms with van der Waals surface area (Å²) in [4.78, 5) is 0. The summed E-state index contributed by atoms with van der Waals surface area (Å²) < 4.78 is 0. The van der Waals surface area contributed by atoms with Crippen molar-refractivity contribution in [3.05, 3.63) is 23.8 Å². The fraction of sp³-hybridized carbons (Fsp3) is 0.692. The van der Waals surface area contributed by atoms with Gasteiger partial charge in [0.25, 0.3) is 0 Å². The van der Waals surface area contributed by atoms with Gasteiger partial charge >= 0.3 is 0 Å². The average Bonchev–Trinajstić information content (AvgIpc) is 2.30. The molecule has 0 aromatic rings. The van der Waals surface area contributed by atoms with E-state index in [1.54, 1.807) is 0 Å². The molecule has 0 aromatic carbocycles. The molecule has 2 N–H and O–H groups in total. The van der Waals surface area contributed by atoms with Crippen molar-refractivity contribution in [1.29, 1.82) is 0 Å². The van der Waals surface area contributed by atoms with Crippen LogP contribution in [0.15, 0.2) is 23.8 Å².